The Labute approximate surface area is 134 Å². The molecule has 22 heavy (non-hydrogen) atoms. The molecular formula is C16H21N3O2S. The molecule has 1 unspecified atom stereocenters. The Morgan fingerprint density at radius 1 is 1.41 bits per heavy atom. The van der Waals surface area contributed by atoms with Crippen LogP contribution in [0.3, 0.4) is 0 Å². The van der Waals surface area contributed by atoms with Crippen LogP contribution in [-0.4, -0.2) is 39.4 Å². The standard InChI is InChI=1S/C16H21N3O2S/c1-9-12-8-17-16(22-3)18-14(12)19(11-6-4-5-7-11)15(21)13(9)10(2)20/h8,11,15,21H,4-7H2,1-3H3. The van der Waals surface area contributed by atoms with Gasteiger partial charge in [0.2, 0.25) is 0 Å². The fourth-order valence-electron chi connectivity index (χ4n) is 3.51. The number of fused-ring (bicyclic) bond motifs is 1. The number of carbonyl (C=O) groups excluding carboxylic acids is 1. The number of nitrogens with zero attached hydrogens (tertiary/aromatic N) is 3. The number of anilines is 1. The summed E-state index contributed by atoms with van der Waals surface area (Å²) in [5, 5.41) is 11.5. The molecule has 1 aliphatic heterocycles. The molecule has 2 aliphatic rings. The lowest BCUT2D eigenvalue weighted by molar-refractivity contribution is -0.114. The van der Waals surface area contributed by atoms with Gasteiger partial charge in [-0.25, -0.2) is 9.97 Å². The van der Waals surface area contributed by atoms with Crippen LogP contribution >= 0.6 is 11.8 Å². The third-order valence-corrected chi connectivity index (χ3v) is 5.16. The predicted octanol–water partition coefficient (Wildman–Crippen LogP) is 2.64. The highest BCUT2D eigenvalue weighted by Crippen LogP contribution is 2.40. The molecule has 0 bridgehead atoms. The van der Waals surface area contributed by atoms with Crippen molar-refractivity contribution in [3.63, 3.8) is 0 Å². The maximum Gasteiger partial charge on any atom is 0.189 e. The minimum Gasteiger partial charge on any atom is -0.369 e. The molecule has 3 rings (SSSR count). The average molecular weight is 319 g/mol. The highest BCUT2D eigenvalue weighted by atomic mass is 32.2. The van der Waals surface area contributed by atoms with Gasteiger partial charge in [0.05, 0.1) is 0 Å². The molecule has 6 heteroatoms. The summed E-state index contributed by atoms with van der Waals surface area (Å²) in [6.45, 7) is 3.38. The zero-order chi connectivity index (χ0) is 15.9. The van der Waals surface area contributed by atoms with Crippen LogP contribution in [0, 0.1) is 0 Å². The lowest BCUT2D eigenvalue weighted by Gasteiger charge is -2.40. The molecule has 2 heterocycles. The van der Waals surface area contributed by atoms with Crippen molar-refractivity contribution < 1.29 is 9.90 Å². The third kappa shape index (κ3) is 2.44. The number of hydrogen-bond donors (Lipinski definition) is 1. The summed E-state index contributed by atoms with van der Waals surface area (Å²) in [7, 11) is 0. The molecular weight excluding hydrogens is 298 g/mol. The Hall–Kier alpha value is -1.40. The molecule has 1 fully saturated rings. The maximum atomic E-state index is 12.0. The minimum absolute atomic E-state index is 0.0902. The number of rotatable bonds is 3. The lowest BCUT2D eigenvalue weighted by Crippen LogP contribution is -2.47. The van der Waals surface area contributed by atoms with Crippen LogP contribution in [0.1, 0.15) is 45.1 Å². The number of thioether (sulfide) groups is 1. The number of ketones is 1. The fraction of sp³-hybridized carbons (Fsp3) is 0.562. The number of Topliss-reactive ketones (excluding diaryl/α,β-unsaturated/α-hetero) is 1. The van der Waals surface area contributed by atoms with Gasteiger partial charge in [0.15, 0.2) is 17.2 Å². The molecule has 0 aromatic carbocycles. The molecule has 1 saturated carbocycles. The summed E-state index contributed by atoms with van der Waals surface area (Å²) in [5.74, 6) is 0.675. The van der Waals surface area contributed by atoms with E-state index in [0.29, 0.717) is 10.7 Å². The van der Waals surface area contributed by atoms with E-state index in [9.17, 15) is 9.90 Å². The zero-order valence-electron chi connectivity index (χ0n) is 13.2. The van der Waals surface area contributed by atoms with E-state index in [1.54, 1.807) is 6.20 Å². The van der Waals surface area contributed by atoms with Crippen molar-refractivity contribution in [3.05, 3.63) is 17.3 Å². The van der Waals surface area contributed by atoms with E-state index in [4.69, 9.17) is 0 Å². The number of hydrogen-bond acceptors (Lipinski definition) is 6. The molecule has 1 aromatic rings. The van der Waals surface area contributed by atoms with Crippen molar-refractivity contribution in [2.75, 3.05) is 11.2 Å². The van der Waals surface area contributed by atoms with Crippen LogP contribution in [0.2, 0.25) is 0 Å². The molecule has 1 aliphatic carbocycles. The highest BCUT2D eigenvalue weighted by Gasteiger charge is 2.38. The topological polar surface area (TPSA) is 66.3 Å². The van der Waals surface area contributed by atoms with Crippen molar-refractivity contribution in [3.8, 4) is 0 Å². The molecule has 118 valence electrons. The Bertz CT molecular complexity index is 638. The van der Waals surface area contributed by atoms with Crippen LogP contribution in [0.4, 0.5) is 5.82 Å². The molecule has 1 aromatic heterocycles. The quantitative estimate of drug-likeness (QED) is 0.682. The minimum atomic E-state index is -0.905. The summed E-state index contributed by atoms with van der Waals surface area (Å²) in [6.07, 6.45) is 7.17. The second-order valence-corrected chi connectivity index (χ2v) is 6.68. The Morgan fingerprint density at radius 3 is 2.68 bits per heavy atom. The van der Waals surface area contributed by atoms with Crippen molar-refractivity contribution in [2.45, 2.75) is 57.0 Å². The number of aliphatic hydroxyl groups is 1. The lowest BCUT2D eigenvalue weighted by atomic mass is 9.93. The molecule has 0 radical (unpaired) electrons. The van der Waals surface area contributed by atoms with Gasteiger partial charge in [-0.1, -0.05) is 24.6 Å². The zero-order valence-corrected chi connectivity index (χ0v) is 14.0. The first kappa shape index (κ1) is 15.5. The van der Waals surface area contributed by atoms with Gasteiger partial charge in [0, 0.05) is 23.4 Å². The fourth-order valence-corrected chi connectivity index (χ4v) is 3.85. The van der Waals surface area contributed by atoms with E-state index in [-0.39, 0.29) is 11.8 Å². The normalized spacial score (nSPS) is 22.2. The Balaban J connectivity index is 2.17. The number of aromatic nitrogens is 2. The highest BCUT2D eigenvalue weighted by molar-refractivity contribution is 7.98. The van der Waals surface area contributed by atoms with Crippen LogP contribution in [0.25, 0.3) is 5.57 Å². The molecule has 0 amide bonds. The Kier molecular flexibility index (Phi) is 4.23. The summed E-state index contributed by atoms with van der Waals surface area (Å²) in [5.41, 5.74) is 2.12. The smallest absolute Gasteiger partial charge is 0.189 e. The van der Waals surface area contributed by atoms with Gasteiger partial charge >= 0.3 is 0 Å². The first-order valence-electron chi connectivity index (χ1n) is 7.64. The van der Waals surface area contributed by atoms with E-state index in [2.05, 4.69) is 9.97 Å². The molecule has 1 N–H and O–H groups in total. The largest absolute Gasteiger partial charge is 0.369 e. The molecule has 0 spiro atoms. The van der Waals surface area contributed by atoms with Crippen molar-refractivity contribution in [2.24, 2.45) is 0 Å². The van der Waals surface area contributed by atoms with Crippen molar-refractivity contribution in [1.29, 1.82) is 0 Å². The van der Waals surface area contributed by atoms with Crippen LogP contribution in [-0.2, 0) is 4.79 Å². The summed E-state index contributed by atoms with van der Waals surface area (Å²) in [4.78, 5) is 22.9. The van der Waals surface area contributed by atoms with Gasteiger partial charge < -0.3 is 10.0 Å². The SMILES string of the molecule is CSc1ncc2c(n1)N(C1CCCC1)C(O)C(C(C)=O)=C2C. The van der Waals surface area contributed by atoms with E-state index in [1.807, 2.05) is 18.1 Å². The van der Waals surface area contributed by atoms with Gasteiger partial charge in [-0.2, -0.15) is 0 Å². The molecule has 5 nitrogen and oxygen atoms in total. The molecule has 0 saturated heterocycles. The van der Waals surface area contributed by atoms with Crippen LogP contribution in [0.15, 0.2) is 16.9 Å². The number of aliphatic hydroxyl groups excluding tert-OH is 1. The van der Waals surface area contributed by atoms with Crippen molar-refractivity contribution >= 4 is 28.9 Å². The monoisotopic (exact) mass is 319 g/mol. The van der Waals surface area contributed by atoms with E-state index in [0.717, 1.165) is 42.6 Å². The van der Waals surface area contributed by atoms with Gasteiger partial charge in [-0.05, 0) is 38.5 Å². The van der Waals surface area contributed by atoms with Crippen LogP contribution < -0.4 is 4.90 Å². The first-order valence-corrected chi connectivity index (χ1v) is 8.86. The number of allylic oxidation sites excluding steroid dienone is 1. The Morgan fingerprint density at radius 2 is 2.09 bits per heavy atom. The summed E-state index contributed by atoms with van der Waals surface area (Å²) < 4.78 is 0. The van der Waals surface area contributed by atoms with Crippen molar-refractivity contribution in [1.82, 2.24) is 9.97 Å². The summed E-state index contributed by atoms with van der Waals surface area (Å²) in [6, 6.07) is 0.237. The van der Waals surface area contributed by atoms with E-state index >= 15 is 0 Å². The second-order valence-electron chi connectivity index (χ2n) is 5.91. The van der Waals surface area contributed by atoms with Gasteiger partial charge in [-0.3, -0.25) is 4.79 Å². The van der Waals surface area contributed by atoms with E-state index < -0.39 is 6.23 Å². The molecule has 1 atom stereocenters. The van der Waals surface area contributed by atoms with Gasteiger partial charge in [-0.15, -0.1) is 0 Å². The summed E-state index contributed by atoms with van der Waals surface area (Å²) >= 11 is 1.48. The number of carbonyl (C=O) groups is 1. The van der Waals surface area contributed by atoms with E-state index in [1.165, 1.54) is 18.7 Å². The third-order valence-electron chi connectivity index (χ3n) is 4.60. The average Bonchev–Trinajstić information content (AvgIpc) is 3.00. The van der Waals surface area contributed by atoms with Crippen LogP contribution in [0.5, 0.6) is 0 Å². The first-order chi connectivity index (χ1) is 10.5. The predicted molar refractivity (Wildman–Crippen MR) is 87.8 cm³/mol. The maximum absolute atomic E-state index is 12.0. The van der Waals surface area contributed by atoms with Gasteiger partial charge in [0.1, 0.15) is 5.82 Å². The second kappa shape index (κ2) is 6.01. The van der Waals surface area contributed by atoms with Gasteiger partial charge in [0.25, 0.3) is 0 Å².